The van der Waals surface area contributed by atoms with Crippen LogP contribution < -0.4 is 4.74 Å². The van der Waals surface area contributed by atoms with Crippen LogP contribution in [0.15, 0.2) is 47.2 Å². The SMILES string of the molecule is CC.c1ccc(OCCOCCCCc2ccon2)cc1. The van der Waals surface area contributed by atoms with E-state index in [2.05, 4.69) is 5.16 Å². The zero-order chi connectivity index (χ0) is 15.2. The van der Waals surface area contributed by atoms with E-state index in [0.29, 0.717) is 13.2 Å². The third-order valence-electron chi connectivity index (χ3n) is 2.70. The van der Waals surface area contributed by atoms with Crippen LogP contribution in [0.1, 0.15) is 32.4 Å². The van der Waals surface area contributed by atoms with Crippen LogP contribution in [0, 0.1) is 0 Å². The van der Waals surface area contributed by atoms with Gasteiger partial charge in [0.1, 0.15) is 18.6 Å². The lowest BCUT2D eigenvalue weighted by Crippen LogP contribution is -2.07. The summed E-state index contributed by atoms with van der Waals surface area (Å²) in [6.07, 6.45) is 4.64. The summed E-state index contributed by atoms with van der Waals surface area (Å²) in [6.45, 7) is 5.97. The van der Waals surface area contributed by atoms with Crippen LogP contribution >= 0.6 is 0 Å². The molecule has 2 rings (SSSR count). The van der Waals surface area contributed by atoms with Crippen LogP contribution in [0.4, 0.5) is 0 Å². The average molecular weight is 291 g/mol. The number of para-hydroxylation sites is 1. The van der Waals surface area contributed by atoms with Gasteiger partial charge in [0.15, 0.2) is 0 Å². The van der Waals surface area contributed by atoms with Crippen molar-refractivity contribution in [1.29, 1.82) is 0 Å². The third-order valence-corrected chi connectivity index (χ3v) is 2.70. The maximum absolute atomic E-state index is 5.52. The predicted octanol–water partition coefficient (Wildman–Crippen LogP) is 4.12. The molecule has 0 aliphatic rings. The Labute approximate surface area is 127 Å². The number of rotatable bonds is 9. The van der Waals surface area contributed by atoms with Crippen LogP contribution in [0.25, 0.3) is 0 Å². The van der Waals surface area contributed by atoms with Crippen LogP contribution in [0.5, 0.6) is 5.75 Å². The predicted molar refractivity (Wildman–Crippen MR) is 83.5 cm³/mol. The molecule has 1 heterocycles. The second-order valence-electron chi connectivity index (χ2n) is 4.22. The molecular formula is C17H25NO3. The fourth-order valence-corrected chi connectivity index (χ4v) is 1.71. The fraction of sp³-hybridized carbons (Fsp3) is 0.471. The maximum Gasteiger partial charge on any atom is 0.124 e. The Hall–Kier alpha value is -1.81. The molecule has 0 saturated carbocycles. The molecular weight excluding hydrogens is 266 g/mol. The van der Waals surface area contributed by atoms with Crippen molar-refractivity contribution in [2.24, 2.45) is 0 Å². The minimum Gasteiger partial charge on any atom is -0.491 e. The molecule has 0 atom stereocenters. The number of hydrogen-bond acceptors (Lipinski definition) is 4. The highest BCUT2D eigenvalue weighted by molar-refractivity contribution is 5.20. The van der Waals surface area contributed by atoms with Gasteiger partial charge in [0.2, 0.25) is 0 Å². The monoisotopic (exact) mass is 291 g/mol. The van der Waals surface area contributed by atoms with Crippen molar-refractivity contribution in [3.8, 4) is 5.75 Å². The summed E-state index contributed by atoms with van der Waals surface area (Å²) < 4.78 is 15.8. The Bertz CT molecular complexity index is 429. The zero-order valence-electron chi connectivity index (χ0n) is 13.0. The lowest BCUT2D eigenvalue weighted by molar-refractivity contribution is 0.0974. The van der Waals surface area contributed by atoms with E-state index < -0.39 is 0 Å². The second kappa shape index (κ2) is 12.0. The first-order valence-corrected chi connectivity index (χ1v) is 7.60. The number of aryl methyl sites for hydroxylation is 1. The Kier molecular flexibility index (Phi) is 9.83. The molecule has 0 aliphatic carbocycles. The van der Waals surface area contributed by atoms with E-state index in [1.165, 1.54) is 0 Å². The van der Waals surface area contributed by atoms with Gasteiger partial charge >= 0.3 is 0 Å². The van der Waals surface area contributed by atoms with Crippen molar-refractivity contribution in [1.82, 2.24) is 5.16 Å². The molecule has 0 N–H and O–H groups in total. The maximum atomic E-state index is 5.52. The van der Waals surface area contributed by atoms with E-state index in [1.807, 2.05) is 50.2 Å². The number of unbranched alkanes of at least 4 members (excludes halogenated alkanes) is 1. The fourth-order valence-electron chi connectivity index (χ4n) is 1.71. The van der Waals surface area contributed by atoms with Crippen molar-refractivity contribution in [2.45, 2.75) is 33.1 Å². The van der Waals surface area contributed by atoms with E-state index in [-0.39, 0.29) is 0 Å². The van der Waals surface area contributed by atoms with E-state index in [1.54, 1.807) is 6.26 Å². The largest absolute Gasteiger partial charge is 0.491 e. The van der Waals surface area contributed by atoms with Gasteiger partial charge in [-0.05, 0) is 31.4 Å². The molecule has 0 aliphatic heterocycles. The number of benzene rings is 1. The van der Waals surface area contributed by atoms with E-state index >= 15 is 0 Å². The molecule has 1 aromatic carbocycles. The van der Waals surface area contributed by atoms with Gasteiger partial charge in [-0.3, -0.25) is 0 Å². The number of hydrogen-bond donors (Lipinski definition) is 0. The normalized spacial score (nSPS) is 9.81. The summed E-state index contributed by atoms with van der Waals surface area (Å²) in [4.78, 5) is 0. The standard InChI is InChI=1S/C15H19NO3.C2H6/c1-2-7-15(8-3-1)18-13-12-17-10-5-4-6-14-9-11-19-16-14;1-2/h1-3,7-9,11H,4-6,10,12-13H2;1-2H3. The highest BCUT2D eigenvalue weighted by Gasteiger charge is 1.97. The van der Waals surface area contributed by atoms with Gasteiger partial charge in [0.25, 0.3) is 0 Å². The van der Waals surface area contributed by atoms with Crippen LogP contribution in [-0.2, 0) is 11.2 Å². The molecule has 0 radical (unpaired) electrons. The zero-order valence-corrected chi connectivity index (χ0v) is 13.0. The highest BCUT2D eigenvalue weighted by atomic mass is 16.5. The first-order valence-electron chi connectivity index (χ1n) is 7.60. The molecule has 1 aromatic heterocycles. The number of ether oxygens (including phenoxy) is 2. The summed E-state index contributed by atoms with van der Waals surface area (Å²) in [5.74, 6) is 0.886. The molecule has 0 spiro atoms. The minimum atomic E-state index is 0.591. The van der Waals surface area contributed by atoms with Crippen molar-refractivity contribution in [3.05, 3.63) is 48.4 Å². The Balaban J connectivity index is 0.00000106. The summed E-state index contributed by atoms with van der Waals surface area (Å²) in [7, 11) is 0. The van der Waals surface area contributed by atoms with Crippen molar-refractivity contribution in [3.63, 3.8) is 0 Å². The van der Waals surface area contributed by atoms with Crippen molar-refractivity contribution >= 4 is 0 Å². The van der Waals surface area contributed by atoms with Crippen molar-refractivity contribution < 1.29 is 14.0 Å². The molecule has 0 fully saturated rings. The Morgan fingerprint density at radius 2 is 1.76 bits per heavy atom. The van der Waals surface area contributed by atoms with Gasteiger partial charge in [0, 0.05) is 12.7 Å². The molecule has 116 valence electrons. The lowest BCUT2D eigenvalue weighted by Gasteiger charge is -2.06. The van der Waals surface area contributed by atoms with Gasteiger partial charge in [-0.15, -0.1) is 0 Å². The smallest absolute Gasteiger partial charge is 0.124 e. The summed E-state index contributed by atoms with van der Waals surface area (Å²) >= 11 is 0. The van der Waals surface area contributed by atoms with Gasteiger partial charge in [-0.25, -0.2) is 0 Å². The van der Waals surface area contributed by atoms with E-state index in [9.17, 15) is 0 Å². The minimum absolute atomic E-state index is 0.591. The summed E-state index contributed by atoms with van der Waals surface area (Å²) in [5, 5.41) is 3.86. The van der Waals surface area contributed by atoms with Crippen molar-refractivity contribution in [2.75, 3.05) is 19.8 Å². The molecule has 21 heavy (non-hydrogen) atoms. The second-order valence-corrected chi connectivity index (χ2v) is 4.22. The quantitative estimate of drug-likeness (QED) is 0.652. The molecule has 4 nitrogen and oxygen atoms in total. The first kappa shape index (κ1) is 17.2. The van der Waals surface area contributed by atoms with Crippen LogP contribution in [0.2, 0.25) is 0 Å². The van der Waals surface area contributed by atoms with Crippen LogP contribution in [0.3, 0.4) is 0 Å². The van der Waals surface area contributed by atoms with Gasteiger partial charge in [0.05, 0.1) is 12.3 Å². The summed E-state index contributed by atoms with van der Waals surface area (Å²) in [6, 6.07) is 11.7. The number of aromatic nitrogens is 1. The Morgan fingerprint density at radius 3 is 2.48 bits per heavy atom. The Morgan fingerprint density at radius 1 is 0.952 bits per heavy atom. The molecule has 4 heteroatoms. The van der Waals surface area contributed by atoms with E-state index in [4.69, 9.17) is 14.0 Å². The molecule has 2 aromatic rings. The molecule has 0 amide bonds. The number of nitrogens with zero attached hydrogens (tertiary/aromatic N) is 1. The van der Waals surface area contributed by atoms with E-state index in [0.717, 1.165) is 37.3 Å². The average Bonchev–Trinajstić information content (AvgIpc) is 3.06. The van der Waals surface area contributed by atoms with Gasteiger partial charge in [-0.2, -0.15) is 0 Å². The highest BCUT2D eigenvalue weighted by Crippen LogP contribution is 2.07. The lowest BCUT2D eigenvalue weighted by atomic mass is 10.2. The topological polar surface area (TPSA) is 44.5 Å². The third kappa shape index (κ3) is 8.15. The summed E-state index contributed by atoms with van der Waals surface area (Å²) in [5.41, 5.74) is 1.01. The van der Waals surface area contributed by atoms with Gasteiger partial charge < -0.3 is 14.0 Å². The first-order chi connectivity index (χ1) is 10.4. The molecule has 0 unspecified atom stereocenters. The van der Waals surface area contributed by atoms with Gasteiger partial charge in [-0.1, -0.05) is 37.2 Å². The molecule has 0 saturated heterocycles. The molecule has 0 bridgehead atoms. The van der Waals surface area contributed by atoms with Crippen LogP contribution in [-0.4, -0.2) is 25.0 Å².